The summed E-state index contributed by atoms with van der Waals surface area (Å²) in [7, 11) is 0. The van der Waals surface area contributed by atoms with Gasteiger partial charge in [-0.15, -0.1) is 0 Å². The number of aliphatic hydroxyl groups is 1. The predicted molar refractivity (Wildman–Crippen MR) is 129 cm³/mol. The second kappa shape index (κ2) is 8.69. The van der Waals surface area contributed by atoms with Gasteiger partial charge in [-0.2, -0.15) is 5.10 Å². The molecule has 1 heterocycles. The van der Waals surface area contributed by atoms with Crippen LogP contribution in [-0.2, 0) is 22.2 Å². The minimum Gasteiger partial charge on any atom is -0.385 e. The Morgan fingerprint density at radius 3 is 2.55 bits per heavy atom. The molecule has 1 aromatic heterocycles. The normalized spacial score (nSPS) is 16.0. The zero-order valence-electron chi connectivity index (χ0n) is 19.5. The monoisotopic (exact) mass is 468 g/mol. The number of ketones is 1. The van der Waals surface area contributed by atoms with Crippen molar-refractivity contribution in [2.75, 3.05) is 0 Å². The van der Waals surface area contributed by atoms with Gasteiger partial charge >= 0.3 is 0 Å². The van der Waals surface area contributed by atoms with Crippen LogP contribution < -0.4 is 0 Å². The molecule has 1 unspecified atom stereocenters. The van der Waals surface area contributed by atoms with E-state index < -0.39 is 17.3 Å². The van der Waals surface area contributed by atoms with Gasteiger partial charge < -0.3 is 5.11 Å². The van der Waals surface area contributed by atoms with E-state index in [-0.39, 0.29) is 11.2 Å². The summed E-state index contributed by atoms with van der Waals surface area (Å²) in [6.07, 6.45) is 1.98. The molecule has 3 aromatic rings. The van der Waals surface area contributed by atoms with Crippen LogP contribution in [0.25, 0.3) is 5.69 Å². The maximum absolute atomic E-state index is 14.6. The first-order valence-corrected chi connectivity index (χ1v) is 11.8. The van der Waals surface area contributed by atoms with Gasteiger partial charge in [-0.1, -0.05) is 57.5 Å². The van der Waals surface area contributed by atoms with Gasteiger partial charge in [0.05, 0.1) is 17.0 Å². The van der Waals surface area contributed by atoms with Crippen molar-refractivity contribution in [1.82, 2.24) is 9.78 Å². The topological polar surface area (TPSA) is 55.1 Å². The van der Waals surface area contributed by atoms with Gasteiger partial charge in [0.1, 0.15) is 11.6 Å². The van der Waals surface area contributed by atoms with Gasteiger partial charge in [0.25, 0.3) is 0 Å². The second-order valence-electron chi connectivity index (χ2n) is 10.1. The lowest BCUT2D eigenvalue weighted by Crippen LogP contribution is -2.14. The van der Waals surface area contributed by atoms with Gasteiger partial charge in [0.15, 0.2) is 0 Å². The SMILES string of the molecule is CC(C(=O)CCc1cc(C(C)(C)C)nn1-c1cccc(Cl)c1)c1ccc(C2(O)CC2)c(F)c1. The third-order valence-corrected chi connectivity index (χ3v) is 6.67. The van der Waals surface area contributed by atoms with E-state index in [2.05, 4.69) is 20.8 Å². The minimum atomic E-state index is -1.03. The lowest BCUT2D eigenvalue weighted by molar-refractivity contribution is -0.120. The number of hydrogen-bond acceptors (Lipinski definition) is 3. The highest BCUT2D eigenvalue weighted by Gasteiger charge is 2.44. The molecule has 1 atom stereocenters. The number of carbonyl (C=O) groups excluding carboxylic acids is 1. The molecule has 1 fully saturated rings. The zero-order valence-corrected chi connectivity index (χ0v) is 20.3. The van der Waals surface area contributed by atoms with Gasteiger partial charge in [-0.05, 0) is 55.2 Å². The van der Waals surface area contributed by atoms with E-state index >= 15 is 0 Å². The molecule has 0 radical (unpaired) electrons. The molecule has 6 heteroatoms. The second-order valence-corrected chi connectivity index (χ2v) is 10.6. The Labute approximate surface area is 199 Å². The van der Waals surface area contributed by atoms with Crippen LogP contribution in [0.3, 0.4) is 0 Å². The average molecular weight is 469 g/mol. The molecule has 1 aliphatic carbocycles. The van der Waals surface area contributed by atoms with E-state index in [0.29, 0.717) is 41.8 Å². The number of carbonyl (C=O) groups is 1. The first kappa shape index (κ1) is 23.7. The number of nitrogens with zero attached hydrogens (tertiary/aromatic N) is 2. The van der Waals surface area contributed by atoms with Crippen LogP contribution in [0.15, 0.2) is 48.5 Å². The molecule has 4 nitrogen and oxygen atoms in total. The number of rotatable bonds is 7. The van der Waals surface area contributed by atoms with Crippen molar-refractivity contribution in [3.8, 4) is 5.69 Å². The van der Waals surface area contributed by atoms with Gasteiger partial charge in [-0.3, -0.25) is 4.79 Å². The first-order valence-electron chi connectivity index (χ1n) is 11.4. The average Bonchev–Trinajstić information content (AvgIpc) is 3.33. The molecular weight excluding hydrogens is 439 g/mol. The molecule has 0 spiro atoms. The highest BCUT2D eigenvalue weighted by Crippen LogP contribution is 2.46. The standard InChI is InChI=1S/C27H30ClFN2O2/c1-17(18-8-10-22(23(29)14-18)27(33)12-13-27)24(32)11-9-21-16-25(26(2,3)4)30-31(21)20-7-5-6-19(28)15-20/h5-8,10,14-17,33H,9,11-13H2,1-4H3. The van der Waals surface area contributed by atoms with Crippen LogP contribution in [0.5, 0.6) is 0 Å². The predicted octanol–water partition coefficient (Wildman–Crippen LogP) is 6.25. The van der Waals surface area contributed by atoms with Crippen LogP contribution in [0.2, 0.25) is 5.02 Å². The molecule has 0 bridgehead atoms. The fourth-order valence-electron chi connectivity index (χ4n) is 4.02. The number of hydrogen-bond donors (Lipinski definition) is 1. The molecule has 0 saturated heterocycles. The molecular formula is C27H30ClFN2O2. The highest BCUT2D eigenvalue weighted by molar-refractivity contribution is 6.30. The molecule has 33 heavy (non-hydrogen) atoms. The Morgan fingerprint density at radius 1 is 1.21 bits per heavy atom. The maximum atomic E-state index is 14.6. The summed E-state index contributed by atoms with van der Waals surface area (Å²) in [6.45, 7) is 8.11. The summed E-state index contributed by atoms with van der Waals surface area (Å²) in [4.78, 5) is 13.0. The molecule has 1 aliphatic rings. The Kier molecular flexibility index (Phi) is 6.23. The van der Waals surface area contributed by atoms with E-state index in [9.17, 15) is 14.3 Å². The minimum absolute atomic E-state index is 0.0310. The van der Waals surface area contributed by atoms with E-state index in [1.54, 1.807) is 19.1 Å². The Morgan fingerprint density at radius 2 is 1.94 bits per heavy atom. The van der Waals surface area contributed by atoms with Crippen molar-refractivity contribution in [2.45, 2.75) is 70.3 Å². The zero-order chi connectivity index (χ0) is 24.0. The summed E-state index contributed by atoms with van der Waals surface area (Å²) in [5, 5.41) is 15.6. The summed E-state index contributed by atoms with van der Waals surface area (Å²) in [5.74, 6) is -0.850. The third kappa shape index (κ3) is 5.04. The lowest BCUT2D eigenvalue weighted by atomic mass is 9.90. The van der Waals surface area contributed by atoms with Crippen LogP contribution in [-0.4, -0.2) is 20.7 Å². The molecule has 0 aliphatic heterocycles. The lowest BCUT2D eigenvalue weighted by Gasteiger charge is -2.15. The van der Waals surface area contributed by atoms with E-state index in [1.165, 1.54) is 6.07 Å². The van der Waals surface area contributed by atoms with Crippen LogP contribution in [0, 0.1) is 5.82 Å². The summed E-state index contributed by atoms with van der Waals surface area (Å²) in [6, 6.07) is 14.3. The number of aromatic nitrogens is 2. The van der Waals surface area contributed by atoms with Crippen molar-refractivity contribution in [1.29, 1.82) is 0 Å². The Bertz CT molecular complexity index is 1190. The van der Waals surface area contributed by atoms with Crippen LogP contribution >= 0.6 is 11.6 Å². The summed E-state index contributed by atoms with van der Waals surface area (Å²) in [5.41, 5.74) is 2.51. The molecule has 4 rings (SSSR count). The number of aryl methyl sites for hydroxylation is 1. The molecule has 2 aromatic carbocycles. The van der Waals surface area contributed by atoms with Crippen molar-refractivity contribution < 1.29 is 14.3 Å². The largest absolute Gasteiger partial charge is 0.385 e. The van der Waals surface area contributed by atoms with E-state index in [0.717, 1.165) is 17.1 Å². The van der Waals surface area contributed by atoms with Gasteiger partial charge in [0.2, 0.25) is 0 Å². The van der Waals surface area contributed by atoms with Crippen molar-refractivity contribution in [3.63, 3.8) is 0 Å². The van der Waals surface area contributed by atoms with Gasteiger partial charge in [0, 0.05) is 34.0 Å². The van der Waals surface area contributed by atoms with Gasteiger partial charge in [-0.25, -0.2) is 9.07 Å². The Balaban J connectivity index is 1.53. The van der Waals surface area contributed by atoms with Crippen molar-refractivity contribution in [2.24, 2.45) is 0 Å². The summed E-state index contributed by atoms with van der Waals surface area (Å²) < 4.78 is 16.4. The molecule has 0 amide bonds. The molecule has 1 N–H and O–H groups in total. The quantitative estimate of drug-likeness (QED) is 0.446. The van der Waals surface area contributed by atoms with Crippen LogP contribution in [0.1, 0.15) is 75.4 Å². The third-order valence-electron chi connectivity index (χ3n) is 6.43. The highest BCUT2D eigenvalue weighted by atomic mass is 35.5. The van der Waals surface area contributed by atoms with Crippen molar-refractivity contribution in [3.05, 3.63) is 81.9 Å². The van der Waals surface area contributed by atoms with E-state index in [1.807, 2.05) is 35.0 Å². The van der Waals surface area contributed by atoms with Crippen molar-refractivity contribution >= 4 is 17.4 Å². The fraction of sp³-hybridized carbons (Fsp3) is 0.407. The molecule has 174 valence electrons. The maximum Gasteiger partial charge on any atom is 0.140 e. The molecule has 1 saturated carbocycles. The smallest absolute Gasteiger partial charge is 0.140 e. The Hall–Kier alpha value is -2.50. The van der Waals surface area contributed by atoms with Crippen LogP contribution in [0.4, 0.5) is 4.39 Å². The van der Waals surface area contributed by atoms with E-state index in [4.69, 9.17) is 16.7 Å². The summed E-state index contributed by atoms with van der Waals surface area (Å²) >= 11 is 6.20. The number of Topliss-reactive ketones (excluding diaryl/α,β-unsaturated/α-hetero) is 1. The number of halogens is 2. The number of benzene rings is 2. The first-order chi connectivity index (χ1) is 15.5. The fourth-order valence-corrected chi connectivity index (χ4v) is 4.20.